The molecule has 0 saturated carbocycles. The number of carboxylic acids is 1. The number of anilines is 1. The van der Waals surface area contributed by atoms with Gasteiger partial charge in [0.15, 0.2) is 5.69 Å². The summed E-state index contributed by atoms with van der Waals surface area (Å²) >= 11 is 0. The highest BCUT2D eigenvalue weighted by molar-refractivity contribution is 5.85. The molecule has 0 aliphatic carbocycles. The minimum atomic E-state index is -1.06. The number of rotatable bonds is 5. The highest BCUT2D eigenvalue weighted by atomic mass is 16.4. The lowest BCUT2D eigenvalue weighted by atomic mass is 10.3. The first kappa shape index (κ1) is 12.1. The first-order valence-corrected chi connectivity index (χ1v) is 5.50. The van der Waals surface area contributed by atoms with Gasteiger partial charge in [-0.25, -0.2) is 14.8 Å². The van der Waals surface area contributed by atoms with Crippen molar-refractivity contribution in [3.63, 3.8) is 0 Å². The number of carbonyl (C=O) groups is 1. The van der Waals surface area contributed by atoms with E-state index in [0.717, 1.165) is 5.76 Å². The number of nitrogens with one attached hydrogen (secondary N) is 1. The summed E-state index contributed by atoms with van der Waals surface area (Å²) in [5.41, 5.74) is 0.603. The molecule has 0 unspecified atom stereocenters. The van der Waals surface area contributed by atoms with Crippen LogP contribution < -0.4 is 5.32 Å². The largest absolute Gasteiger partial charge is 0.477 e. The molecule has 0 atom stereocenters. The van der Waals surface area contributed by atoms with E-state index < -0.39 is 5.97 Å². The number of hydrogen-bond donors (Lipinski definition) is 2. The van der Waals surface area contributed by atoms with E-state index in [1.807, 2.05) is 12.1 Å². The topological polar surface area (TPSA) is 88.2 Å². The number of carboxylic acid groups (broad SMARTS) is 1. The van der Waals surface area contributed by atoms with Crippen molar-refractivity contribution < 1.29 is 14.3 Å². The second-order valence-corrected chi connectivity index (χ2v) is 3.78. The van der Waals surface area contributed by atoms with E-state index >= 15 is 0 Å². The lowest BCUT2D eigenvalue weighted by Crippen LogP contribution is -2.11. The van der Waals surface area contributed by atoms with Crippen LogP contribution >= 0.6 is 0 Å². The van der Waals surface area contributed by atoms with Crippen molar-refractivity contribution in [3.05, 3.63) is 41.6 Å². The highest BCUT2D eigenvalue weighted by Crippen LogP contribution is 2.06. The van der Waals surface area contributed by atoms with Crippen LogP contribution in [0.15, 0.2) is 28.9 Å². The van der Waals surface area contributed by atoms with Crippen LogP contribution in [0.4, 0.5) is 5.95 Å². The van der Waals surface area contributed by atoms with Gasteiger partial charge in [-0.15, -0.1) is 0 Å². The van der Waals surface area contributed by atoms with Crippen molar-refractivity contribution in [1.29, 1.82) is 0 Å². The molecule has 0 aromatic carbocycles. The summed E-state index contributed by atoms with van der Waals surface area (Å²) in [5.74, 6) is 0.113. The molecule has 0 saturated heterocycles. The van der Waals surface area contributed by atoms with Gasteiger partial charge in [-0.1, -0.05) is 0 Å². The quantitative estimate of drug-likeness (QED) is 0.836. The number of nitrogens with zero attached hydrogens (tertiary/aromatic N) is 2. The van der Waals surface area contributed by atoms with E-state index in [9.17, 15) is 4.79 Å². The van der Waals surface area contributed by atoms with Crippen molar-refractivity contribution in [2.75, 3.05) is 11.9 Å². The maximum Gasteiger partial charge on any atom is 0.354 e. The van der Waals surface area contributed by atoms with Crippen molar-refractivity contribution in [1.82, 2.24) is 9.97 Å². The second-order valence-electron chi connectivity index (χ2n) is 3.78. The number of aromatic carboxylic acids is 1. The Bertz CT molecular complexity index is 538. The third-order valence-electron chi connectivity index (χ3n) is 2.31. The number of aromatic nitrogens is 2. The van der Waals surface area contributed by atoms with Crippen LogP contribution in [0.5, 0.6) is 0 Å². The van der Waals surface area contributed by atoms with Gasteiger partial charge >= 0.3 is 5.97 Å². The van der Waals surface area contributed by atoms with Crippen LogP contribution in [0.25, 0.3) is 0 Å². The predicted molar refractivity (Wildman–Crippen MR) is 64.6 cm³/mol. The molecule has 2 aromatic heterocycles. The lowest BCUT2D eigenvalue weighted by molar-refractivity contribution is 0.0690. The average molecular weight is 247 g/mol. The third kappa shape index (κ3) is 3.07. The van der Waals surface area contributed by atoms with E-state index in [2.05, 4.69) is 15.3 Å². The van der Waals surface area contributed by atoms with Gasteiger partial charge in [0.25, 0.3) is 0 Å². The highest BCUT2D eigenvalue weighted by Gasteiger charge is 2.08. The lowest BCUT2D eigenvalue weighted by Gasteiger charge is -2.05. The molecular weight excluding hydrogens is 234 g/mol. The Morgan fingerprint density at radius 2 is 2.33 bits per heavy atom. The molecule has 0 amide bonds. The SMILES string of the molecule is Cc1cc(C(=O)O)nc(NCCc2ccco2)n1. The molecule has 6 nitrogen and oxygen atoms in total. The first-order valence-electron chi connectivity index (χ1n) is 5.50. The maximum atomic E-state index is 10.8. The normalized spacial score (nSPS) is 10.3. The van der Waals surface area contributed by atoms with Gasteiger partial charge in [-0.05, 0) is 25.1 Å². The summed E-state index contributed by atoms with van der Waals surface area (Å²) in [6.07, 6.45) is 2.30. The van der Waals surface area contributed by atoms with Gasteiger partial charge in [0.05, 0.1) is 6.26 Å². The Morgan fingerprint density at radius 1 is 1.50 bits per heavy atom. The standard InChI is InChI=1S/C12H13N3O3/c1-8-7-10(11(16)17)15-12(14-8)13-5-4-9-3-2-6-18-9/h2-3,6-7H,4-5H2,1H3,(H,16,17)(H,13,14,15). The van der Waals surface area contributed by atoms with Crippen molar-refractivity contribution >= 4 is 11.9 Å². The molecule has 0 bridgehead atoms. The van der Waals surface area contributed by atoms with Gasteiger partial charge in [-0.2, -0.15) is 0 Å². The fourth-order valence-corrected chi connectivity index (χ4v) is 1.51. The Labute approximate surface area is 104 Å². The van der Waals surface area contributed by atoms with Crippen LogP contribution in [0, 0.1) is 6.92 Å². The van der Waals surface area contributed by atoms with E-state index in [0.29, 0.717) is 24.6 Å². The van der Waals surface area contributed by atoms with Crippen LogP contribution in [0.2, 0.25) is 0 Å². The Balaban J connectivity index is 1.98. The molecule has 0 fully saturated rings. The molecule has 0 aliphatic heterocycles. The average Bonchev–Trinajstić information content (AvgIpc) is 2.81. The zero-order valence-corrected chi connectivity index (χ0v) is 9.88. The molecule has 0 radical (unpaired) electrons. The van der Waals surface area contributed by atoms with Crippen molar-refractivity contribution in [3.8, 4) is 0 Å². The van der Waals surface area contributed by atoms with Crippen LogP contribution in [0.1, 0.15) is 21.9 Å². The Hall–Kier alpha value is -2.37. The molecule has 94 valence electrons. The molecule has 2 N–H and O–H groups in total. The Morgan fingerprint density at radius 3 is 3.00 bits per heavy atom. The molecule has 0 aliphatic rings. The fraction of sp³-hybridized carbons (Fsp3) is 0.250. The van der Waals surface area contributed by atoms with Crippen molar-refractivity contribution in [2.24, 2.45) is 0 Å². The first-order chi connectivity index (χ1) is 8.65. The third-order valence-corrected chi connectivity index (χ3v) is 2.31. The van der Waals surface area contributed by atoms with E-state index in [4.69, 9.17) is 9.52 Å². The van der Waals surface area contributed by atoms with Crippen molar-refractivity contribution in [2.45, 2.75) is 13.3 Å². The summed E-state index contributed by atoms with van der Waals surface area (Å²) < 4.78 is 5.18. The van der Waals surface area contributed by atoms with E-state index in [1.54, 1.807) is 13.2 Å². The van der Waals surface area contributed by atoms with Crippen LogP contribution in [-0.2, 0) is 6.42 Å². The van der Waals surface area contributed by atoms with Crippen LogP contribution in [-0.4, -0.2) is 27.6 Å². The molecule has 2 aromatic rings. The summed E-state index contributed by atoms with van der Waals surface area (Å²) in [6.45, 7) is 2.31. The zero-order chi connectivity index (χ0) is 13.0. The number of hydrogen-bond acceptors (Lipinski definition) is 5. The smallest absolute Gasteiger partial charge is 0.354 e. The summed E-state index contributed by atoms with van der Waals surface area (Å²) in [6, 6.07) is 5.13. The van der Waals surface area contributed by atoms with E-state index in [-0.39, 0.29) is 5.69 Å². The summed E-state index contributed by atoms with van der Waals surface area (Å²) in [5, 5.41) is 11.8. The molecule has 2 rings (SSSR count). The second kappa shape index (κ2) is 5.31. The minimum absolute atomic E-state index is 0.0111. The fourth-order valence-electron chi connectivity index (χ4n) is 1.51. The number of furan rings is 1. The molecule has 6 heteroatoms. The predicted octanol–water partition coefficient (Wildman–Crippen LogP) is 1.73. The zero-order valence-electron chi connectivity index (χ0n) is 9.88. The van der Waals surface area contributed by atoms with Gasteiger partial charge in [-0.3, -0.25) is 0 Å². The molecule has 2 heterocycles. The number of aryl methyl sites for hydroxylation is 1. The summed E-state index contributed by atoms with van der Waals surface area (Å²) in [4.78, 5) is 18.9. The van der Waals surface area contributed by atoms with Gasteiger partial charge < -0.3 is 14.8 Å². The van der Waals surface area contributed by atoms with Gasteiger partial charge in [0, 0.05) is 18.7 Å². The summed E-state index contributed by atoms with van der Waals surface area (Å²) in [7, 11) is 0. The Kier molecular flexibility index (Phi) is 3.57. The van der Waals surface area contributed by atoms with Gasteiger partial charge in [0.2, 0.25) is 5.95 Å². The van der Waals surface area contributed by atoms with Gasteiger partial charge in [0.1, 0.15) is 5.76 Å². The maximum absolute atomic E-state index is 10.8. The van der Waals surface area contributed by atoms with E-state index in [1.165, 1.54) is 6.07 Å². The molecular formula is C12H13N3O3. The molecule has 0 spiro atoms. The van der Waals surface area contributed by atoms with Crippen LogP contribution in [0.3, 0.4) is 0 Å². The minimum Gasteiger partial charge on any atom is -0.477 e. The monoisotopic (exact) mass is 247 g/mol. The molecule has 18 heavy (non-hydrogen) atoms.